The summed E-state index contributed by atoms with van der Waals surface area (Å²) in [7, 11) is 0. The molecule has 0 radical (unpaired) electrons. The molecule has 108 valence electrons. The van der Waals surface area contributed by atoms with Crippen LogP contribution in [0.15, 0.2) is 53.5 Å². The molecule has 0 saturated heterocycles. The van der Waals surface area contributed by atoms with E-state index in [9.17, 15) is 0 Å². The molecule has 0 fully saturated rings. The summed E-state index contributed by atoms with van der Waals surface area (Å²) in [6.07, 6.45) is 0. The number of nitrogens with one attached hydrogen (secondary N) is 2. The zero-order valence-electron chi connectivity index (χ0n) is 12.1. The van der Waals surface area contributed by atoms with Gasteiger partial charge in [-0.1, -0.05) is 35.4 Å². The number of aliphatic imine (C=N–C) groups is 1. The van der Waals surface area contributed by atoms with E-state index in [0.717, 1.165) is 11.4 Å². The Morgan fingerprint density at radius 1 is 0.857 bits per heavy atom. The Hall–Kier alpha value is -2.40. The lowest BCUT2D eigenvalue weighted by Gasteiger charge is -2.08. The number of hydrogen-bond donors (Lipinski definition) is 3. The average molecular weight is 298 g/mol. The van der Waals surface area contributed by atoms with E-state index in [-0.39, 0.29) is 5.96 Å². The SMILES string of the molecule is Cc1ccc(NC(=S)/N=C(\N)Nc2ccc(C)cc2)cc1. The maximum Gasteiger partial charge on any atom is 0.200 e. The van der Waals surface area contributed by atoms with Gasteiger partial charge < -0.3 is 16.4 Å². The van der Waals surface area contributed by atoms with Crippen molar-refractivity contribution in [1.82, 2.24) is 0 Å². The molecule has 4 nitrogen and oxygen atoms in total. The van der Waals surface area contributed by atoms with Crippen LogP contribution < -0.4 is 16.4 Å². The Kier molecular flexibility index (Phi) is 4.90. The van der Waals surface area contributed by atoms with Crippen molar-refractivity contribution in [3.63, 3.8) is 0 Å². The van der Waals surface area contributed by atoms with Crippen LogP contribution in [0.4, 0.5) is 11.4 Å². The minimum absolute atomic E-state index is 0.253. The minimum atomic E-state index is 0.253. The Morgan fingerprint density at radius 2 is 1.29 bits per heavy atom. The van der Waals surface area contributed by atoms with Gasteiger partial charge in [0.2, 0.25) is 11.1 Å². The van der Waals surface area contributed by atoms with Gasteiger partial charge in [-0.25, -0.2) is 0 Å². The number of thiocarbonyl (C=S) groups is 1. The molecule has 0 unspecified atom stereocenters. The predicted octanol–water partition coefficient (Wildman–Crippen LogP) is 3.43. The van der Waals surface area contributed by atoms with Crippen molar-refractivity contribution in [3.8, 4) is 0 Å². The molecule has 0 bridgehead atoms. The van der Waals surface area contributed by atoms with E-state index >= 15 is 0 Å². The van der Waals surface area contributed by atoms with Crippen molar-refractivity contribution in [2.24, 2.45) is 10.7 Å². The van der Waals surface area contributed by atoms with Gasteiger partial charge in [-0.15, -0.1) is 0 Å². The summed E-state index contributed by atoms with van der Waals surface area (Å²) >= 11 is 5.16. The van der Waals surface area contributed by atoms with Crippen LogP contribution in [0, 0.1) is 13.8 Å². The average Bonchev–Trinajstić information content (AvgIpc) is 2.44. The third-order valence-electron chi connectivity index (χ3n) is 2.85. The molecule has 0 aliphatic rings. The first kappa shape index (κ1) is 15.0. The molecule has 21 heavy (non-hydrogen) atoms. The topological polar surface area (TPSA) is 62.4 Å². The molecule has 0 atom stereocenters. The van der Waals surface area contributed by atoms with Crippen molar-refractivity contribution in [1.29, 1.82) is 0 Å². The van der Waals surface area contributed by atoms with Crippen LogP contribution in [0.2, 0.25) is 0 Å². The van der Waals surface area contributed by atoms with Gasteiger partial charge in [0.1, 0.15) is 0 Å². The van der Waals surface area contributed by atoms with Gasteiger partial charge in [-0.05, 0) is 50.3 Å². The second-order valence-electron chi connectivity index (χ2n) is 4.78. The normalized spacial score (nSPS) is 11.0. The monoisotopic (exact) mass is 298 g/mol. The van der Waals surface area contributed by atoms with Crippen LogP contribution in [0.3, 0.4) is 0 Å². The molecule has 4 N–H and O–H groups in total. The fraction of sp³-hybridized carbons (Fsp3) is 0.125. The summed E-state index contributed by atoms with van der Waals surface area (Å²) < 4.78 is 0. The summed E-state index contributed by atoms with van der Waals surface area (Å²) in [5.41, 5.74) is 9.97. The second-order valence-corrected chi connectivity index (χ2v) is 5.17. The number of anilines is 2. The number of guanidine groups is 1. The lowest BCUT2D eigenvalue weighted by Crippen LogP contribution is -2.25. The highest BCUT2D eigenvalue weighted by Crippen LogP contribution is 2.10. The molecule has 0 aliphatic heterocycles. The van der Waals surface area contributed by atoms with Crippen LogP contribution in [0.5, 0.6) is 0 Å². The summed E-state index contributed by atoms with van der Waals surface area (Å²) in [6.45, 7) is 4.06. The van der Waals surface area contributed by atoms with Gasteiger partial charge in [0.05, 0.1) is 0 Å². The number of benzene rings is 2. The molecule has 0 amide bonds. The molecule has 5 heteroatoms. The van der Waals surface area contributed by atoms with E-state index in [4.69, 9.17) is 18.0 Å². The number of hydrogen-bond acceptors (Lipinski definition) is 1. The third-order valence-corrected chi connectivity index (χ3v) is 3.04. The maximum absolute atomic E-state index is 5.83. The van der Waals surface area contributed by atoms with E-state index in [0.29, 0.717) is 5.11 Å². The lowest BCUT2D eigenvalue weighted by atomic mass is 10.2. The molecule has 0 spiro atoms. The van der Waals surface area contributed by atoms with Crippen LogP contribution in [-0.2, 0) is 0 Å². The van der Waals surface area contributed by atoms with E-state index in [1.165, 1.54) is 11.1 Å². The van der Waals surface area contributed by atoms with Gasteiger partial charge in [-0.3, -0.25) is 0 Å². The van der Waals surface area contributed by atoms with Crippen molar-refractivity contribution >= 4 is 34.7 Å². The first-order chi connectivity index (χ1) is 10.0. The van der Waals surface area contributed by atoms with E-state index in [1.807, 2.05) is 62.4 Å². The minimum Gasteiger partial charge on any atom is -0.369 e. The Morgan fingerprint density at radius 3 is 1.76 bits per heavy atom. The van der Waals surface area contributed by atoms with Crippen LogP contribution in [-0.4, -0.2) is 11.1 Å². The predicted molar refractivity (Wildman–Crippen MR) is 93.8 cm³/mol. The highest BCUT2D eigenvalue weighted by molar-refractivity contribution is 7.80. The number of nitrogens with two attached hydrogens (primary N) is 1. The van der Waals surface area contributed by atoms with Gasteiger partial charge in [0.15, 0.2) is 0 Å². The molecule has 2 aromatic carbocycles. The van der Waals surface area contributed by atoms with Crippen molar-refractivity contribution in [2.75, 3.05) is 10.6 Å². The zero-order valence-corrected chi connectivity index (χ0v) is 12.9. The van der Waals surface area contributed by atoms with Crippen molar-refractivity contribution in [2.45, 2.75) is 13.8 Å². The fourth-order valence-electron chi connectivity index (χ4n) is 1.71. The quantitative estimate of drug-likeness (QED) is 0.451. The Labute approximate surface area is 130 Å². The molecule has 2 rings (SSSR count). The number of rotatable bonds is 2. The van der Waals surface area contributed by atoms with Gasteiger partial charge in [0.25, 0.3) is 0 Å². The molecular formula is C16H18N4S. The summed E-state index contributed by atoms with van der Waals surface area (Å²) in [5, 5.41) is 6.33. The van der Waals surface area contributed by atoms with Crippen LogP contribution in [0.1, 0.15) is 11.1 Å². The van der Waals surface area contributed by atoms with E-state index in [2.05, 4.69) is 15.6 Å². The lowest BCUT2D eigenvalue weighted by molar-refractivity contribution is 1.44. The number of aryl methyl sites for hydroxylation is 2. The number of nitrogens with zero attached hydrogens (tertiary/aromatic N) is 1. The molecule has 0 aliphatic carbocycles. The van der Waals surface area contributed by atoms with Crippen molar-refractivity contribution < 1.29 is 0 Å². The molecule has 2 aromatic rings. The van der Waals surface area contributed by atoms with Gasteiger partial charge in [-0.2, -0.15) is 4.99 Å². The molecular weight excluding hydrogens is 280 g/mol. The van der Waals surface area contributed by atoms with Crippen molar-refractivity contribution in [3.05, 3.63) is 59.7 Å². The van der Waals surface area contributed by atoms with E-state index < -0.39 is 0 Å². The first-order valence-corrected chi connectivity index (χ1v) is 6.99. The Balaban J connectivity index is 1.96. The van der Waals surface area contributed by atoms with Gasteiger partial charge >= 0.3 is 0 Å². The highest BCUT2D eigenvalue weighted by Gasteiger charge is 1.99. The standard InChI is InChI=1S/C16H18N4S/c1-11-3-7-13(8-4-11)18-15(17)20-16(21)19-14-9-5-12(2)6-10-14/h3-10H,1-2H3,(H4,17,18,19,20,21). The first-order valence-electron chi connectivity index (χ1n) is 6.58. The molecule has 0 heterocycles. The van der Waals surface area contributed by atoms with Gasteiger partial charge in [0, 0.05) is 11.4 Å². The Bertz CT molecular complexity index is 645. The van der Waals surface area contributed by atoms with E-state index in [1.54, 1.807) is 0 Å². The second kappa shape index (κ2) is 6.85. The highest BCUT2D eigenvalue weighted by atomic mass is 32.1. The van der Waals surface area contributed by atoms with Crippen LogP contribution in [0.25, 0.3) is 0 Å². The summed E-state index contributed by atoms with van der Waals surface area (Å²) in [4.78, 5) is 4.12. The smallest absolute Gasteiger partial charge is 0.200 e. The largest absolute Gasteiger partial charge is 0.369 e. The third kappa shape index (κ3) is 4.89. The summed E-state index contributed by atoms with van der Waals surface area (Å²) in [5.74, 6) is 0.253. The summed E-state index contributed by atoms with van der Waals surface area (Å²) in [6, 6.07) is 15.8. The van der Waals surface area contributed by atoms with Crippen LogP contribution >= 0.6 is 12.2 Å². The maximum atomic E-state index is 5.83. The molecule has 0 saturated carbocycles. The fourth-order valence-corrected chi connectivity index (χ4v) is 1.93. The zero-order chi connectivity index (χ0) is 15.2. The molecule has 0 aromatic heterocycles.